The summed E-state index contributed by atoms with van der Waals surface area (Å²) in [5.41, 5.74) is 4.09. The van der Waals surface area contributed by atoms with Crippen LogP contribution in [-0.2, 0) is 23.4 Å². The van der Waals surface area contributed by atoms with E-state index in [1.807, 2.05) is 62.4 Å². The Kier molecular flexibility index (Phi) is 9.45. The Balaban J connectivity index is 1.64. The fourth-order valence-electron chi connectivity index (χ4n) is 3.97. The van der Waals surface area contributed by atoms with Gasteiger partial charge in [-0.3, -0.25) is 14.1 Å². The molecule has 5 N–H and O–H groups in total. The summed E-state index contributed by atoms with van der Waals surface area (Å²) in [7, 11) is -4.93. The van der Waals surface area contributed by atoms with E-state index < -0.39 is 44.4 Å². The van der Waals surface area contributed by atoms with E-state index >= 15 is 0 Å². The van der Waals surface area contributed by atoms with Gasteiger partial charge in [0.05, 0.1) is 6.61 Å². The fraction of sp³-hybridized carbons (Fsp3) is 0.400. The molecule has 12 heteroatoms. The van der Waals surface area contributed by atoms with Gasteiger partial charge >= 0.3 is 13.9 Å². The van der Waals surface area contributed by atoms with Crippen LogP contribution in [0.1, 0.15) is 37.8 Å². The number of ether oxygens (including phenoxy) is 1. The topological polar surface area (TPSA) is 163 Å². The molecule has 200 valence electrons. The first-order valence-electron chi connectivity index (χ1n) is 11.9. The molecule has 0 bridgehead atoms. The predicted molar refractivity (Wildman–Crippen MR) is 135 cm³/mol. The lowest BCUT2D eigenvalue weighted by Gasteiger charge is -2.22. The van der Waals surface area contributed by atoms with E-state index in [0.717, 1.165) is 22.3 Å². The van der Waals surface area contributed by atoms with Crippen LogP contribution in [0.5, 0.6) is 0 Å². The molecule has 11 nitrogen and oxygen atoms in total. The van der Waals surface area contributed by atoms with Crippen molar-refractivity contribution in [1.29, 1.82) is 0 Å². The number of carbonyl (C=O) groups excluding carboxylic acids is 3. The Hall–Kier alpha value is -3.24. The van der Waals surface area contributed by atoms with E-state index in [1.165, 1.54) is 6.92 Å². The average molecular weight is 534 g/mol. The number of phosphoric ester groups is 1. The second-order valence-electron chi connectivity index (χ2n) is 9.18. The standard InChI is InChI=1S/C25H32N3O8P/c1-15(2)12-26-23(29)16(3)27-24(30)22(14-36-37(32,33)34)28-25(31)35-13-21-19-10-6-4-8-17(19)18-9-5-7-11-20(18)21/h4-11,15-16,21-22H,12-14H2,1-3H3,(H,26,29)(H,27,30)(H,28,31)(H2,32,33,34)/t16-,22+/m1/s1. The zero-order valence-electron chi connectivity index (χ0n) is 20.8. The van der Waals surface area contributed by atoms with Crippen molar-refractivity contribution in [2.75, 3.05) is 19.8 Å². The summed E-state index contributed by atoms with van der Waals surface area (Å²) in [4.78, 5) is 55.7. The molecule has 0 heterocycles. The Labute approximate surface area is 215 Å². The van der Waals surface area contributed by atoms with Crippen molar-refractivity contribution >= 4 is 25.7 Å². The molecule has 0 fully saturated rings. The van der Waals surface area contributed by atoms with Gasteiger partial charge < -0.3 is 30.5 Å². The first kappa shape index (κ1) is 28.3. The Bertz CT molecular complexity index is 1140. The lowest BCUT2D eigenvalue weighted by atomic mass is 9.98. The molecule has 2 aromatic rings. The highest BCUT2D eigenvalue weighted by Gasteiger charge is 2.31. The molecule has 0 unspecified atom stereocenters. The largest absolute Gasteiger partial charge is 0.469 e. The number of hydrogen-bond donors (Lipinski definition) is 5. The van der Waals surface area contributed by atoms with Crippen LogP contribution in [0.2, 0.25) is 0 Å². The van der Waals surface area contributed by atoms with Gasteiger partial charge in [0, 0.05) is 12.5 Å². The molecule has 1 aliphatic rings. The number of fused-ring (bicyclic) bond motifs is 3. The van der Waals surface area contributed by atoms with Gasteiger partial charge in [-0.1, -0.05) is 62.4 Å². The van der Waals surface area contributed by atoms with Crippen LogP contribution in [0.15, 0.2) is 48.5 Å². The molecule has 0 aromatic heterocycles. The van der Waals surface area contributed by atoms with E-state index in [1.54, 1.807) is 0 Å². The fourth-order valence-corrected chi connectivity index (χ4v) is 4.32. The molecule has 2 aromatic carbocycles. The number of rotatable bonds is 11. The van der Waals surface area contributed by atoms with Crippen molar-refractivity contribution in [3.8, 4) is 11.1 Å². The highest BCUT2D eigenvalue weighted by atomic mass is 31.2. The minimum Gasteiger partial charge on any atom is -0.449 e. The summed E-state index contributed by atoms with van der Waals surface area (Å²) < 4.78 is 21.0. The number of nitrogens with one attached hydrogen (secondary N) is 3. The van der Waals surface area contributed by atoms with E-state index in [4.69, 9.17) is 14.5 Å². The van der Waals surface area contributed by atoms with Crippen molar-refractivity contribution in [2.24, 2.45) is 5.92 Å². The average Bonchev–Trinajstić information content (AvgIpc) is 3.16. The third-order valence-electron chi connectivity index (χ3n) is 5.80. The normalized spacial score (nSPS) is 14.3. The lowest BCUT2D eigenvalue weighted by molar-refractivity contribution is -0.130. The van der Waals surface area contributed by atoms with Crippen LogP contribution in [0.25, 0.3) is 11.1 Å². The second kappa shape index (κ2) is 12.3. The number of phosphoric acid groups is 1. The van der Waals surface area contributed by atoms with E-state index in [2.05, 4.69) is 20.5 Å². The predicted octanol–water partition coefficient (Wildman–Crippen LogP) is 2.28. The third kappa shape index (κ3) is 7.87. The summed E-state index contributed by atoms with van der Waals surface area (Å²) in [6, 6.07) is 13.1. The maximum absolute atomic E-state index is 12.7. The Morgan fingerprint density at radius 2 is 1.49 bits per heavy atom. The summed E-state index contributed by atoms with van der Waals surface area (Å²) >= 11 is 0. The van der Waals surface area contributed by atoms with Gasteiger partial charge in [-0.2, -0.15) is 0 Å². The van der Waals surface area contributed by atoms with Crippen molar-refractivity contribution in [1.82, 2.24) is 16.0 Å². The molecule has 0 spiro atoms. The molecule has 37 heavy (non-hydrogen) atoms. The smallest absolute Gasteiger partial charge is 0.449 e. The van der Waals surface area contributed by atoms with Crippen LogP contribution in [0.4, 0.5) is 4.79 Å². The van der Waals surface area contributed by atoms with Gasteiger partial charge in [0.25, 0.3) is 0 Å². The van der Waals surface area contributed by atoms with Crippen LogP contribution >= 0.6 is 7.82 Å². The highest BCUT2D eigenvalue weighted by molar-refractivity contribution is 7.46. The molecule has 0 radical (unpaired) electrons. The second-order valence-corrected chi connectivity index (χ2v) is 10.4. The zero-order valence-corrected chi connectivity index (χ0v) is 21.7. The molecular formula is C25H32N3O8P. The lowest BCUT2D eigenvalue weighted by Crippen LogP contribution is -2.54. The molecule has 0 aliphatic heterocycles. The zero-order chi connectivity index (χ0) is 27.2. The summed E-state index contributed by atoms with van der Waals surface area (Å²) in [5.74, 6) is -1.33. The molecule has 2 atom stereocenters. The van der Waals surface area contributed by atoms with Crippen LogP contribution in [0.3, 0.4) is 0 Å². The van der Waals surface area contributed by atoms with Crippen molar-refractivity contribution in [3.63, 3.8) is 0 Å². The Morgan fingerprint density at radius 3 is 2.03 bits per heavy atom. The van der Waals surface area contributed by atoms with Crippen LogP contribution < -0.4 is 16.0 Å². The minimum atomic E-state index is -4.93. The maximum atomic E-state index is 12.7. The van der Waals surface area contributed by atoms with E-state index in [-0.39, 0.29) is 18.4 Å². The van der Waals surface area contributed by atoms with Gasteiger partial charge in [0.1, 0.15) is 18.7 Å². The van der Waals surface area contributed by atoms with Crippen molar-refractivity contribution in [3.05, 3.63) is 59.7 Å². The number of amides is 3. The quantitative estimate of drug-likeness (QED) is 0.275. The summed E-state index contributed by atoms with van der Waals surface area (Å²) in [6.07, 6.45) is -0.978. The summed E-state index contributed by atoms with van der Waals surface area (Å²) in [6.45, 7) is 4.82. The summed E-state index contributed by atoms with van der Waals surface area (Å²) in [5, 5.41) is 7.37. The van der Waals surface area contributed by atoms with Gasteiger partial charge in [0.2, 0.25) is 11.8 Å². The molecule has 3 amide bonds. The third-order valence-corrected chi connectivity index (χ3v) is 6.28. The Morgan fingerprint density at radius 1 is 0.919 bits per heavy atom. The van der Waals surface area contributed by atoms with Gasteiger partial charge in [-0.25, -0.2) is 9.36 Å². The maximum Gasteiger partial charge on any atom is 0.469 e. The number of hydrogen-bond acceptors (Lipinski definition) is 6. The van der Waals surface area contributed by atoms with Crippen molar-refractivity contribution in [2.45, 2.75) is 38.8 Å². The van der Waals surface area contributed by atoms with Gasteiger partial charge in [-0.15, -0.1) is 0 Å². The molecule has 0 saturated heterocycles. The van der Waals surface area contributed by atoms with E-state index in [0.29, 0.717) is 6.54 Å². The first-order chi connectivity index (χ1) is 17.5. The van der Waals surface area contributed by atoms with Gasteiger partial charge in [0.15, 0.2) is 0 Å². The van der Waals surface area contributed by atoms with Gasteiger partial charge in [-0.05, 0) is 35.1 Å². The number of carbonyl (C=O) groups is 3. The van der Waals surface area contributed by atoms with Crippen LogP contribution in [-0.4, -0.2) is 59.5 Å². The highest BCUT2D eigenvalue weighted by Crippen LogP contribution is 2.44. The molecular weight excluding hydrogens is 501 g/mol. The SMILES string of the molecule is CC(C)CNC(=O)[C@@H](C)NC(=O)[C@H](COP(=O)(O)O)NC(=O)OCC1c2ccccc2-c2ccccc21. The number of alkyl carbamates (subject to hydrolysis) is 1. The minimum absolute atomic E-state index is 0.0262. The molecule has 3 rings (SSSR count). The molecule has 0 saturated carbocycles. The molecule has 1 aliphatic carbocycles. The van der Waals surface area contributed by atoms with E-state index in [9.17, 15) is 18.9 Å². The number of benzene rings is 2. The first-order valence-corrected chi connectivity index (χ1v) is 13.4. The monoisotopic (exact) mass is 533 g/mol. The van der Waals surface area contributed by atoms with Crippen molar-refractivity contribution < 1.29 is 38.0 Å². The van der Waals surface area contributed by atoms with Crippen LogP contribution in [0, 0.1) is 5.92 Å².